The van der Waals surface area contributed by atoms with Crippen LogP contribution in [0.2, 0.25) is 10.0 Å². The lowest BCUT2D eigenvalue weighted by Gasteiger charge is -2.11. The normalized spacial score (nSPS) is 10.5. The third kappa shape index (κ3) is 4.08. The van der Waals surface area contributed by atoms with Gasteiger partial charge in [-0.05, 0) is 17.7 Å². The van der Waals surface area contributed by atoms with Gasteiger partial charge in [-0.2, -0.15) is 0 Å². The van der Waals surface area contributed by atoms with Gasteiger partial charge in [0.25, 0.3) is 0 Å². The maximum atomic E-state index is 11.4. The zero-order chi connectivity index (χ0) is 11.4. The highest BCUT2D eigenvalue weighted by Gasteiger charge is 2.05. The summed E-state index contributed by atoms with van der Waals surface area (Å²) in [5.74, 6) is -0.0848. The molecule has 1 aromatic rings. The average Bonchev–Trinajstić information content (AvgIpc) is 2.10. The van der Waals surface area contributed by atoms with Crippen LogP contribution in [-0.4, -0.2) is 25.0 Å². The lowest BCUT2D eigenvalue weighted by Crippen LogP contribution is -2.37. The summed E-state index contributed by atoms with van der Waals surface area (Å²) < 4.78 is 0. The van der Waals surface area contributed by atoms with Crippen molar-refractivity contribution in [2.24, 2.45) is 0 Å². The number of amides is 1. The summed E-state index contributed by atoms with van der Waals surface area (Å²) in [6.07, 6.45) is 0.287. The maximum absolute atomic E-state index is 11.4. The molecule has 1 aromatic carbocycles. The predicted molar refractivity (Wildman–Crippen MR) is 62.0 cm³/mol. The Morgan fingerprint density at radius 1 is 1.33 bits per heavy atom. The van der Waals surface area contributed by atoms with Crippen molar-refractivity contribution in [2.75, 3.05) is 14.1 Å². The Morgan fingerprint density at radius 2 is 2.00 bits per heavy atom. The smallest absolute Gasteiger partial charge is 0.238 e. The van der Waals surface area contributed by atoms with E-state index in [2.05, 4.69) is 5.43 Å². The van der Waals surface area contributed by atoms with E-state index in [9.17, 15) is 4.79 Å². The number of hydrogen-bond acceptors (Lipinski definition) is 2. The fourth-order valence-corrected chi connectivity index (χ4v) is 1.44. The van der Waals surface area contributed by atoms with Crippen molar-refractivity contribution in [3.05, 3.63) is 33.8 Å². The van der Waals surface area contributed by atoms with E-state index in [1.54, 1.807) is 37.3 Å². The number of carbonyl (C=O) groups excluding carboxylic acids is 1. The van der Waals surface area contributed by atoms with Crippen molar-refractivity contribution in [3.63, 3.8) is 0 Å². The van der Waals surface area contributed by atoms with Crippen molar-refractivity contribution >= 4 is 29.1 Å². The van der Waals surface area contributed by atoms with Gasteiger partial charge in [-0.1, -0.05) is 29.3 Å². The Labute approximate surface area is 98.9 Å². The van der Waals surface area contributed by atoms with Crippen LogP contribution in [0.5, 0.6) is 0 Å². The van der Waals surface area contributed by atoms with Crippen molar-refractivity contribution in [1.29, 1.82) is 0 Å². The van der Waals surface area contributed by atoms with Crippen molar-refractivity contribution in [3.8, 4) is 0 Å². The molecule has 0 unspecified atom stereocenters. The van der Waals surface area contributed by atoms with Gasteiger partial charge in [-0.25, -0.2) is 5.01 Å². The average molecular weight is 247 g/mol. The highest BCUT2D eigenvalue weighted by atomic mass is 35.5. The molecule has 82 valence electrons. The molecule has 1 rings (SSSR count). The van der Waals surface area contributed by atoms with E-state index < -0.39 is 0 Å². The summed E-state index contributed by atoms with van der Waals surface area (Å²) in [5, 5.41) is 2.56. The van der Waals surface area contributed by atoms with Crippen LogP contribution in [0.4, 0.5) is 0 Å². The first-order chi connectivity index (χ1) is 6.99. The molecule has 5 heteroatoms. The number of nitrogens with one attached hydrogen (secondary N) is 1. The first-order valence-electron chi connectivity index (χ1n) is 4.40. The number of nitrogens with zero attached hydrogens (tertiary/aromatic N) is 1. The first kappa shape index (κ1) is 12.3. The molecule has 0 aliphatic heterocycles. The number of carbonyl (C=O) groups is 1. The number of halogens is 2. The first-order valence-corrected chi connectivity index (χ1v) is 5.15. The third-order valence-corrected chi connectivity index (χ3v) is 2.44. The van der Waals surface area contributed by atoms with Crippen LogP contribution in [0, 0.1) is 0 Å². The molecule has 1 N–H and O–H groups in total. The highest BCUT2D eigenvalue weighted by Crippen LogP contribution is 2.22. The molecule has 0 saturated heterocycles. The van der Waals surface area contributed by atoms with Gasteiger partial charge in [-0.15, -0.1) is 0 Å². The van der Waals surface area contributed by atoms with Gasteiger partial charge < -0.3 is 0 Å². The monoisotopic (exact) mass is 246 g/mol. The second-order valence-corrected chi connectivity index (χ2v) is 4.17. The molecule has 0 bridgehead atoms. The third-order valence-electron chi connectivity index (χ3n) is 1.70. The van der Waals surface area contributed by atoms with Crippen LogP contribution in [-0.2, 0) is 11.2 Å². The standard InChI is InChI=1S/C10H12Cl2N2O/c1-14(2)13-10(15)6-7-3-4-8(11)9(12)5-7/h3-5H,6H2,1-2H3,(H,13,15). The van der Waals surface area contributed by atoms with E-state index in [4.69, 9.17) is 23.2 Å². The van der Waals surface area contributed by atoms with Gasteiger partial charge in [0.05, 0.1) is 16.5 Å². The summed E-state index contributed by atoms with van der Waals surface area (Å²) in [6.45, 7) is 0. The molecular formula is C10H12Cl2N2O. The second-order valence-electron chi connectivity index (χ2n) is 3.35. The van der Waals surface area contributed by atoms with E-state index in [0.717, 1.165) is 5.56 Å². The van der Waals surface area contributed by atoms with Crippen LogP contribution in [0.3, 0.4) is 0 Å². The largest absolute Gasteiger partial charge is 0.289 e. The summed E-state index contributed by atoms with van der Waals surface area (Å²) >= 11 is 11.6. The summed E-state index contributed by atoms with van der Waals surface area (Å²) in [7, 11) is 3.51. The lowest BCUT2D eigenvalue weighted by molar-refractivity contribution is -0.124. The Balaban J connectivity index is 2.65. The van der Waals surface area contributed by atoms with Crippen LogP contribution in [0.15, 0.2) is 18.2 Å². The minimum Gasteiger partial charge on any atom is -0.289 e. The number of benzene rings is 1. The molecule has 0 atom stereocenters. The molecule has 0 saturated carbocycles. The Morgan fingerprint density at radius 3 is 2.53 bits per heavy atom. The topological polar surface area (TPSA) is 32.3 Å². The summed E-state index contributed by atoms with van der Waals surface area (Å²) in [6, 6.07) is 5.16. The molecule has 0 spiro atoms. The van der Waals surface area contributed by atoms with Crippen LogP contribution >= 0.6 is 23.2 Å². The molecule has 0 aliphatic carbocycles. The Kier molecular flexibility index (Phi) is 4.39. The zero-order valence-electron chi connectivity index (χ0n) is 8.55. The van der Waals surface area contributed by atoms with Gasteiger partial charge in [0.1, 0.15) is 0 Å². The number of rotatable bonds is 3. The van der Waals surface area contributed by atoms with Crippen molar-refractivity contribution < 1.29 is 4.79 Å². The maximum Gasteiger partial charge on any atom is 0.238 e. The van der Waals surface area contributed by atoms with Crippen LogP contribution in [0.1, 0.15) is 5.56 Å². The molecule has 0 heterocycles. The molecule has 0 fully saturated rings. The van der Waals surface area contributed by atoms with Crippen LogP contribution in [0.25, 0.3) is 0 Å². The van der Waals surface area contributed by atoms with Gasteiger partial charge in [0.15, 0.2) is 0 Å². The van der Waals surface area contributed by atoms with E-state index in [1.807, 2.05) is 0 Å². The fourth-order valence-electron chi connectivity index (χ4n) is 1.12. The van der Waals surface area contributed by atoms with Gasteiger partial charge in [0.2, 0.25) is 5.91 Å². The Bertz CT molecular complexity index is 366. The molecule has 1 amide bonds. The van der Waals surface area contributed by atoms with E-state index in [1.165, 1.54) is 0 Å². The second kappa shape index (κ2) is 5.35. The van der Waals surface area contributed by atoms with Gasteiger partial charge >= 0.3 is 0 Å². The summed E-state index contributed by atoms with van der Waals surface area (Å²) in [4.78, 5) is 11.4. The minimum absolute atomic E-state index is 0.0848. The van der Waals surface area contributed by atoms with E-state index in [-0.39, 0.29) is 12.3 Å². The van der Waals surface area contributed by atoms with E-state index in [0.29, 0.717) is 10.0 Å². The molecule has 0 radical (unpaired) electrons. The molecule has 15 heavy (non-hydrogen) atoms. The van der Waals surface area contributed by atoms with Crippen molar-refractivity contribution in [2.45, 2.75) is 6.42 Å². The number of hydrogen-bond donors (Lipinski definition) is 1. The SMILES string of the molecule is CN(C)NC(=O)Cc1ccc(Cl)c(Cl)c1. The van der Waals surface area contributed by atoms with E-state index >= 15 is 0 Å². The van der Waals surface area contributed by atoms with Gasteiger partial charge in [0, 0.05) is 14.1 Å². The zero-order valence-corrected chi connectivity index (χ0v) is 10.1. The minimum atomic E-state index is -0.0848. The molecule has 0 aliphatic rings. The lowest BCUT2D eigenvalue weighted by atomic mass is 10.1. The van der Waals surface area contributed by atoms with Crippen LogP contribution < -0.4 is 5.43 Å². The van der Waals surface area contributed by atoms with Gasteiger partial charge in [-0.3, -0.25) is 10.2 Å². The molecule has 3 nitrogen and oxygen atoms in total. The summed E-state index contributed by atoms with van der Waals surface area (Å²) in [5.41, 5.74) is 3.48. The highest BCUT2D eigenvalue weighted by molar-refractivity contribution is 6.42. The number of hydrazine groups is 1. The fraction of sp³-hybridized carbons (Fsp3) is 0.300. The van der Waals surface area contributed by atoms with Crippen molar-refractivity contribution in [1.82, 2.24) is 10.4 Å². The molecule has 0 aromatic heterocycles. The molecular weight excluding hydrogens is 235 g/mol. The predicted octanol–water partition coefficient (Wildman–Crippen LogP) is 2.13. The quantitative estimate of drug-likeness (QED) is 0.830. The Hall–Kier alpha value is -0.770.